The van der Waals surface area contributed by atoms with Crippen molar-refractivity contribution in [3.05, 3.63) is 97.2 Å². The number of aromatic nitrogens is 4. The van der Waals surface area contributed by atoms with Gasteiger partial charge in [0.2, 0.25) is 5.88 Å². The first-order chi connectivity index (χ1) is 17.9. The van der Waals surface area contributed by atoms with Crippen LogP contribution in [0.2, 0.25) is 0 Å². The second-order valence-corrected chi connectivity index (χ2v) is 7.72. The van der Waals surface area contributed by atoms with Crippen molar-refractivity contribution >= 4 is 28.3 Å². The second kappa shape index (κ2) is 9.90. The molecule has 0 unspecified atom stereocenters. The molecule has 0 spiro atoms. The fourth-order valence-electron chi connectivity index (χ4n) is 3.59. The van der Waals surface area contributed by atoms with Crippen LogP contribution < -0.4 is 15.4 Å². The van der Waals surface area contributed by atoms with E-state index < -0.39 is 17.8 Å². The van der Waals surface area contributed by atoms with Crippen LogP contribution in [0.3, 0.4) is 0 Å². The molecule has 0 saturated carbocycles. The van der Waals surface area contributed by atoms with Gasteiger partial charge in [0, 0.05) is 29.7 Å². The number of nitrogens with one attached hydrogen (secondary N) is 2. The highest BCUT2D eigenvalue weighted by atomic mass is 19.4. The molecule has 0 atom stereocenters. The molecule has 0 saturated heterocycles. The van der Waals surface area contributed by atoms with Gasteiger partial charge in [0.1, 0.15) is 11.8 Å². The average molecular weight is 502 g/mol. The van der Waals surface area contributed by atoms with Gasteiger partial charge >= 0.3 is 12.2 Å². The summed E-state index contributed by atoms with van der Waals surface area (Å²) < 4.78 is 44.4. The number of alkyl halides is 3. The van der Waals surface area contributed by atoms with Crippen LogP contribution in [0.5, 0.6) is 11.6 Å². The molecule has 0 aliphatic rings. The van der Waals surface area contributed by atoms with Gasteiger partial charge in [-0.3, -0.25) is 4.98 Å². The number of halogens is 3. The number of urea groups is 1. The zero-order valence-corrected chi connectivity index (χ0v) is 18.9. The number of rotatable bonds is 5. The Labute approximate surface area is 208 Å². The summed E-state index contributed by atoms with van der Waals surface area (Å²) >= 11 is 0. The number of carbonyl (C=O) groups is 1. The first-order valence-electron chi connectivity index (χ1n) is 10.9. The Morgan fingerprint density at radius 2 is 1.59 bits per heavy atom. The zero-order valence-electron chi connectivity index (χ0n) is 18.9. The number of hydrogen-bond donors (Lipinski definition) is 2. The van der Waals surface area contributed by atoms with Crippen LogP contribution in [-0.4, -0.2) is 26.0 Å². The van der Waals surface area contributed by atoms with Gasteiger partial charge in [0.15, 0.2) is 5.75 Å². The molecule has 3 heterocycles. The van der Waals surface area contributed by atoms with Gasteiger partial charge < -0.3 is 15.4 Å². The van der Waals surface area contributed by atoms with Crippen molar-refractivity contribution in [1.29, 1.82) is 0 Å². The number of amides is 2. The predicted octanol–water partition coefficient (Wildman–Crippen LogP) is 6.54. The van der Waals surface area contributed by atoms with Crippen LogP contribution in [0.4, 0.5) is 29.3 Å². The van der Waals surface area contributed by atoms with Gasteiger partial charge in [-0.2, -0.15) is 13.2 Å². The largest absolute Gasteiger partial charge is 0.436 e. The third kappa shape index (κ3) is 5.30. The van der Waals surface area contributed by atoms with Crippen LogP contribution in [0.25, 0.3) is 22.2 Å². The normalized spacial score (nSPS) is 11.2. The van der Waals surface area contributed by atoms with E-state index in [2.05, 4.69) is 30.6 Å². The van der Waals surface area contributed by atoms with Crippen molar-refractivity contribution in [3.8, 4) is 22.9 Å². The fraction of sp³-hybridized carbons (Fsp3) is 0.0385. The molecule has 5 rings (SSSR count). The van der Waals surface area contributed by atoms with E-state index in [1.165, 1.54) is 18.5 Å². The van der Waals surface area contributed by atoms with Crippen LogP contribution >= 0.6 is 0 Å². The maximum absolute atomic E-state index is 12.8. The molecular formula is C26H17F3N6O2. The molecule has 2 amide bonds. The van der Waals surface area contributed by atoms with Gasteiger partial charge in [-0.1, -0.05) is 0 Å². The van der Waals surface area contributed by atoms with Crippen molar-refractivity contribution in [2.24, 2.45) is 0 Å². The van der Waals surface area contributed by atoms with Crippen LogP contribution in [0.15, 0.2) is 91.6 Å². The van der Waals surface area contributed by atoms with Gasteiger partial charge in [-0.15, -0.1) is 0 Å². The molecule has 184 valence electrons. The van der Waals surface area contributed by atoms with Crippen LogP contribution in [0, 0.1) is 0 Å². The Balaban J connectivity index is 1.39. The molecule has 2 aromatic carbocycles. The molecule has 37 heavy (non-hydrogen) atoms. The minimum Gasteiger partial charge on any atom is -0.436 e. The molecule has 0 radical (unpaired) electrons. The Morgan fingerprint density at radius 1 is 0.811 bits per heavy atom. The minimum atomic E-state index is -4.46. The molecule has 8 nitrogen and oxygen atoms in total. The Kier molecular flexibility index (Phi) is 6.33. The number of hydrogen-bond acceptors (Lipinski definition) is 6. The highest BCUT2D eigenvalue weighted by Gasteiger charge is 2.30. The van der Waals surface area contributed by atoms with Gasteiger partial charge in [0.05, 0.1) is 22.5 Å². The Morgan fingerprint density at radius 3 is 2.35 bits per heavy atom. The van der Waals surface area contributed by atoms with E-state index in [0.717, 1.165) is 12.1 Å². The highest BCUT2D eigenvalue weighted by molar-refractivity contribution is 6.06. The Hall–Kier alpha value is -5.06. The van der Waals surface area contributed by atoms with E-state index in [0.29, 0.717) is 39.5 Å². The molecule has 0 aliphatic heterocycles. The average Bonchev–Trinajstić information content (AvgIpc) is 2.91. The molecule has 2 N–H and O–H groups in total. The highest BCUT2D eigenvalue weighted by Crippen LogP contribution is 2.36. The maximum atomic E-state index is 12.8. The number of anilines is 2. The summed E-state index contributed by atoms with van der Waals surface area (Å²) in [5, 5.41) is 5.81. The fourth-order valence-corrected chi connectivity index (χ4v) is 3.59. The maximum Gasteiger partial charge on any atom is 0.416 e. The van der Waals surface area contributed by atoms with E-state index in [1.54, 1.807) is 55.0 Å². The standard InChI is InChI=1S/C26H17F3N6O2/c27-26(28,29)16-5-7-17(8-6-16)34-25(36)35-21-9-10-22(23-18(21)3-1-12-31-23)37-24-19(4-2-13-32-24)20-11-14-30-15-33-20/h1-15H,(H2,34,35,36). The lowest BCUT2D eigenvalue weighted by molar-refractivity contribution is -0.137. The smallest absolute Gasteiger partial charge is 0.416 e. The summed E-state index contributed by atoms with van der Waals surface area (Å²) in [7, 11) is 0. The SMILES string of the molecule is O=C(Nc1ccc(C(F)(F)F)cc1)Nc1ccc(Oc2ncccc2-c2ccncn2)c2ncccc12. The van der Waals surface area contributed by atoms with Crippen LogP contribution in [-0.2, 0) is 6.18 Å². The molecule has 11 heteroatoms. The van der Waals surface area contributed by atoms with Gasteiger partial charge in [-0.25, -0.2) is 19.7 Å². The van der Waals surface area contributed by atoms with Gasteiger partial charge in [-0.05, 0) is 66.7 Å². The minimum absolute atomic E-state index is 0.209. The summed E-state index contributed by atoms with van der Waals surface area (Å²) in [6.45, 7) is 0. The van der Waals surface area contributed by atoms with E-state index >= 15 is 0 Å². The number of benzene rings is 2. The van der Waals surface area contributed by atoms with Crippen molar-refractivity contribution in [2.75, 3.05) is 10.6 Å². The first kappa shape index (κ1) is 23.7. The second-order valence-electron chi connectivity index (χ2n) is 7.72. The number of nitrogens with zero attached hydrogens (tertiary/aromatic N) is 4. The summed E-state index contributed by atoms with van der Waals surface area (Å²) in [6.07, 6.45) is 1.77. The Bertz CT molecular complexity index is 1560. The summed E-state index contributed by atoms with van der Waals surface area (Å²) in [5.41, 5.74) is 1.59. The van der Waals surface area contributed by atoms with Gasteiger partial charge in [0.25, 0.3) is 0 Å². The number of ether oxygens (including phenoxy) is 1. The summed E-state index contributed by atoms with van der Waals surface area (Å²) in [6, 6.07) is 15.6. The van der Waals surface area contributed by atoms with E-state index in [4.69, 9.17) is 4.74 Å². The lowest BCUT2D eigenvalue weighted by Crippen LogP contribution is -2.19. The molecule has 0 bridgehead atoms. The zero-order chi connectivity index (χ0) is 25.8. The van der Waals surface area contributed by atoms with E-state index in [9.17, 15) is 18.0 Å². The molecule has 3 aromatic heterocycles. The molecule has 0 aliphatic carbocycles. The van der Waals surface area contributed by atoms with E-state index in [1.807, 2.05) is 6.07 Å². The number of carbonyl (C=O) groups excluding carboxylic acids is 1. The van der Waals surface area contributed by atoms with Crippen LogP contribution in [0.1, 0.15) is 5.56 Å². The monoisotopic (exact) mass is 502 g/mol. The topological polar surface area (TPSA) is 102 Å². The third-order valence-electron chi connectivity index (χ3n) is 5.29. The summed E-state index contributed by atoms with van der Waals surface area (Å²) in [5.74, 6) is 0.715. The quantitative estimate of drug-likeness (QED) is 0.283. The van der Waals surface area contributed by atoms with Crippen molar-refractivity contribution in [2.45, 2.75) is 6.18 Å². The number of pyridine rings is 2. The molecule has 5 aromatic rings. The number of fused-ring (bicyclic) bond motifs is 1. The van der Waals surface area contributed by atoms with E-state index in [-0.39, 0.29) is 5.69 Å². The first-order valence-corrected chi connectivity index (χ1v) is 10.9. The molecule has 0 fully saturated rings. The van der Waals surface area contributed by atoms with Crippen molar-refractivity contribution in [3.63, 3.8) is 0 Å². The van der Waals surface area contributed by atoms with Crippen molar-refractivity contribution < 1.29 is 22.7 Å². The molecular weight excluding hydrogens is 485 g/mol. The predicted molar refractivity (Wildman–Crippen MR) is 131 cm³/mol. The van der Waals surface area contributed by atoms with Crippen molar-refractivity contribution in [1.82, 2.24) is 19.9 Å². The lowest BCUT2D eigenvalue weighted by atomic mass is 10.1. The summed E-state index contributed by atoms with van der Waals surface area (Å²) in [4.78, 5) is 29.5. The third-order valence-corrected chi connectivity index (χ3v) is 5.29. The lowest BCUT2D eigenvalue weighted by Gasteiger charge is -2.14.